The lowest BCUT2D eigenvalue weighted by atomic mass is 10.0. The fourth-order valence-corrected chi connectivity index (χ4v) is 3.31. The Morgan fingerprint density at radius 3 is 2.76 bits per heavy atom. The third kappa shape index (κ3) is 4.54. The number of nitro groups is 1. The zero-order valence-corrected chi connectivity index (χ0v) is 16.7. The van der Waals surface area contributed by atoms with E-state index < -0.39 is 10.9 Å². The average Bonchev–Trinajstić information content (AvgIpc) is 3.32. The molecule has 0 aliphatic carbocycles. The van der Waals surface area contributed by atoms with Crippen LogP contribution in [0.15, 0.2) is 38.7 Å². The number of H-pyrrole nitrogens is 1. The zero-order chi connectivity index (χ0) is 21.1. The quantitative estimate of drug-likeness (QED) is 0.252. The lowest BCUT2D eigenvalue weighted by Gasteiger charge is -2.04. The minimum Gasteiger partial charge on any atom is -0.477 e. The normalized spacial score (nSPS) is 11.6. The summed E-state index contributed by atoms with van der Waals surface area (Å²) >= 11 is 0.902. The van der Waals surface area contributed by atoms with Gasteiger partial charge in [-0.15, -0.1) is 5.10 Å². The van der Waals surface area contributed by atoms with Gasteiger partial charge in [0.2, 0.25) is 5.16 Å². The van der Waals surface area contributed by atoms with Crippen LogP contribution in [0.25, 0.3) is 17.4 Å². The van der Waals surface area contributed by atoms with E-state index in [9.17, 15) is 20.0 Å². The summed E-state index contributed by atoms with van der Waals surface area (Å²) in [4.78, 5) is 26.6. The lowest BCUT2D eigenvalue weighted by Crippen LogP contribution is -1.97. The van der Waals surface area contributed by atoms with Gasteiger partial charge in [0, 0.05) is 29.7 Å². The number of nitrogens with zero attached hydrogens (tertiary/aromatic N) is 3. The van der Waals surface area contributed by atoms with Crippen molar-refractivity contribution >= 4 is 29.5 Å². The van der Waals surface area contributed by atoms with E-state index in [0.29, 0.717) is 40.0 Å². The monoisotopic (exact) mass is 414 g/mol. The molecular weight excluding hydrogens is 396 g/mol. The molecule has 9 nitrogen and oxygen atoms in total. The number of aryl methyl sites for hydroxylation is 2. The SMILES string of the molecule is CCc1nc(S/C(=C\c2ccc(-c3cc(C)c(C)c([N+](=O)[O-])c3)o2)C(=O)O)n[nH]1. The molecule has 3 aromatic rings. The van der Waals surface area contributed by atoms with Gasteiger partial charge in [-0.3, -0.25) is 15.2 Å². The van der Waals surface area contributed by atoms with Crippen LogP contribution in [0.1, 0.15) is 29.6 Å². The molecule has 2 N–H and O–H groups in total. The summed E-state index contributed by atoms with van der Waals surface area (Å²) in [5.74, 6) is 0.229. The molecule has 2 aromatic heterocycles. The van der Waals surface area contributed by atoms with Gasteiger partial charge >= 0.3 is 5.97 Å². The van der Waals surface area contributed by atoms with E-state index in [1.54, 1.807) is 32.0 Å². The maximum Gasteiger partial charge on any atom is 0.342 e. The number of hydrogen-bond acceptors (Lipinski definition) is 7. The molecule has 0 bridgehead atoms. The van der Waals surface area contributed by atoms with Crippen LogP contribution in [-0.2, 0) is 11.2 Å². The standard InChI is InChI=1S/C19H18N4O5S/c1-4-17-20-19(22-21-17)29-16(18(24)25)9-13-5-6-15(28-13)12-7-10(2)11(3)14(8-12)23(26)27/h5-9H,4H2,1-3H3,(H,24,25)(H,20,21,22)/b16-9-. The second-order valence-corrected chi connectivity index (χ2v) is 7.24. The van der Waals surface area contributed by atoms with Crippen molar-refractivity contribution in [3.8, 4) is 11.3 Å². The van der Waals surface area contributed by atoms with Crippen LogP contribution in [0.2, 0.25) is 0 Å². The molecule has 0 atom stereocenters. The molecule has 3 rings (SSSR count). The first-order valence-electron chi connectivity index (χ1n) is 8.68. The van der Waals surface area contributed by atoms with Crippen molar-refractivity contribution in [1.82, 2.24) is 15.2 Å². The predicted molar refractivity (Wildman–Crippen MR) is 108 cm³/mol. The topological polar surface area (TPSA) is 135 Å². The van der Waals surface area contributed by atoms with Gasteiger partial charge in [-0.1, -0.05) is 6.92 Å². The highest BCUT2D eigenvalue weighted by Crippen LogP contribution is 2.32. The molecule has 0 aliphatic heterocycles. The Morgan fingerprint density at radius 1 is 1.38 bits per heavy atom. The number of thioether (sulfide) groups is 1. The van der Waals surface area contributed by atoms with E-state index >= 15 is 0 Å². The number of rotatable bonds is 7. The van der Waals surface area contributed by atoms with Crippen LogP contribution >= 0.6 is 11.8 Å². The van der Waals surface area contributed by atoms with Crippen molar-refractivity contribution in [2.24, 2.45) is 0 Å². The van der Waals surface area contributed by atoms with Crippen molar-refractivity contribution in [1.29, 1.82) is 0 Å². The molecule has 2 heterocycles. The zero-order valence-electron chi connectivity index (χ0n) is 15.9. The highest BCUT2D eigenvalue weighted by molar-refractivity contribution is 8.04. The number of nitrogens with one attached hydrogen (secondary N) is 1. The van der Waals surface area contributed by atoms with Crippen molar-refractivity contribution in [3.05, 3.63) is 62.0 Å². The van der Waals surface area contributed by atoms with Gasteiger partial charge in [0.1, 0.15) is 22.3 Å². The number of benzene rings is 1. The predicted octanol–water partition coefficient (Wildman–Crippen LogP) is 4.37. The van der Waals surface area contributed by atoms with Crippen LogP contribution in [0.5, 0.6) is 0 Å². The van der Waals surface area contributed by atoms with Gasteiger partial charge in [0.15, 0.2) is 0 Å². The van der Waals surface area contributed by atoms with Gasteiger partial charge < -0.3 is 9.52 Å². The third-order valence-corrected chi connectivity index (χ3v) is 5.16. The van der Waals surface area contributed by atoms with Gasteiger partial charge in [-0.25, -0.2) is 9.78 Å². The smallest absolute Gasteiger partial charge is 0.342 e. The number of hydrogen-bond donors (Lipinski definition) is 2. The van der Waals surface area contributed by atoms with Crippen molar-refractivity contribution in [2.75, 3.05) is 0 Å². The first-order chi connectivity index (χ1) is 13.8. The fraction of sp³-hybridized carbons (Fsp3) is 0.211. The Labute approximate surface area is 170 Å². The molecule has 0 saturated carbocycles. The summed E-state index contributed by atoms with van der Waals surface area (Å²) in [5, 5.41) is 27.7. The number of aromatic nitrogens is 3. The molecule has 0 spiro atoms. The number of aliphatic carboxylic acids is 1. The van der Waals surface area contributed by atoms with E-state index in [2.05, 4.69) is 15.2 Å². The summed E-state index contributed by atoms with van der Waals surface area (Å²) in [5.41, 5.74) is 1.91. The summed E-state index contributed by atoms with van der Waals surface area (Å²) < 4.78 is 5.72. The highest BCUT2D eigenvalue weighted by atomic mass is 32.2. The highest BCUT2D eigenvalue weighted by Gasteiger charge is 2.18. The molecule has 10 heteroatoms. The van der Waals surface area contributed by atoms with E-state index in [1.807, 2.05) is 6.92 Å². The molecule has 0 radical (unpaired) electrons. The Morgan fingerprint density at radius 2 is 2.14 bits per heavy atom. The minimum absolute atomic E-state index is 0.00612. The third-order valence-electron chi connectivity index (χ3n) is 4.28. The molecule has 1 aromatic carbocycles. The van der Waals surface area contributed by atoms with Crippen molar-refractivity contribution < 1.29 is 19.2 Å². The van der Waals surface area contributed by atoms with Gasteiger partial charge in [0.25, 0.3) is 5.69 Å². The van der Waals surface area contributed by atoms with E-state index in [1.165, 1.54) is 12.1 Å². The number of furan rings is 1. The number of aromatic amines is 1. The number of carboxylic acids is 1. The maximum absolute atomic E-state index is 11.6. The summed E-state index contributed by atoms with van der Waals surface area (Å²) in [6.07, 6.45) is 2.03. The first-order valence-corrected chi connectivity index (χ1v) is 9.50. The minimum atomic E-state index is -1.14. The van der Waals surface area contributed by atoms with Gasteiger partial charge in [-0.2, -0.15) is 0 Å². The summed E-state index contributed by atoms with van der Waals surface area (Å²) in [6, 6.07) is 6.49. The molecule has 29 heavy (non-hydrogen) atoms. The van der Waals surface area contributed by atoms with Crippen LogP contribution in [0.4, 0.5) is 5.69 Å². The number of nitro benzene ring substituents is 1. The van der Waals surface area contributed by atoms with Crippen molar-refractivity contribution in [3.63, 3.8) is 0 Å². The molecular formula is C19H18N4O5S. The van der Waals surface area contributed by atoms with Gasteiger partial charge in [0.05, 0.1) is 4.92 Å². The molecule has 0 amide bonds. The Kier molecular flexibility index (Phi) is 5.83. The second kappa shape index (κ2) is 8.31. The molecule has 0 saturated heterocycles. The Hall–Kier alpha value is -3.40. The maximum atomic E-state index is 11.6. The molecule has 150 valence electrons. The summed E-state index contributed by atoms with van der Waals surface area (Å²) in [6.45, 7) is 5.39. The number of carbonyl (C=O) groups is 1. The first kappa shape index (κ1) is 20.3. The second-order valence-electron chi connectivity index (χ2n) is 6.23. The van der Waals surface area contributed by atoms with Crippen LogP contribution in [-0.4, -0.2) is 31.2 Å². The molecule has 0 unspecified atom stereocenters. The largest absolute Gasteiger partial charge is 0.477 e. The van der Waals surface area contributed by atoms with Crippen LogP contribution in [0.3, 0.4) is 0 Å². The van der Waals surface area contributed by atoms with E-state index in [0.717, 1.165) is 17.3 Å². The Bertz CT molecular complexity index is 1120. The van der Waals surface area contributed by atoms with Gasteiger partial charge in [-0.05, 0) is 49.4 Å². The van der Waals surface area contributed by atoms with Crippen LogP contribution in [0, 0.1) is 24.0 Å². The number of carboxylic acid groups (broad SMARTS) is 1. The fourth-order valence-electron chi connectivity index (χ4n) is 2.60. The average molecular weight is 414 g/mol. The lowest BCUT2D eigenvalue weighted by molar-refractivity contribution is -0.385. The summed E-state index contributed by atoms with van der Waals surface area (Å²) in [7, 11) is 0. The van der Waals surface area contributed by atoms with Crippen molar-refractivity contribution in [2.45, 2.75) is 32.3 Å². The van der Waals surface area contributed by atoms with Crippen LogP contribution < -0.4 is 0 Å². The Balaban J connectivity index is 1.91. The molecule has 0 fully saturated rings. The van der Waals surface area contributed by atoms with E-state index in [-0.39, 0.29) is 10.6 Å². The molecule has 0 aliphatic rings. The van der Waals surface area contributed by atoms with E-state index in [4.69, 9.17) is 4.42 Å².